The zero-order valence-corrected chi connectivity index (χ0v) is 11.9. The molecular weight excluding hydrogens is 314 g/mol. The van der Waals surface area contributed by atoms with Crippen molar-refractivity contribution in [2.45, 2.75) is 19.3 Å². The SMILES string of the molecule is O=C(CCCC(=O)Nc1ncc([N+](=O)[O-])s1)Nc1ncn[nH]1. The molecule has 11 nitrogen and oxygen atoms in total. The zero-order valence-electron chi connectivity index (χ0n) is 11.1. The smallest absolute Gasteiger partial charge is 0.302 e. The minimum atomic E-state index is -0.582. The molecule has 2 heterocycles. The van der Waals surface area contributed by atoms with Crippen LogP contribution in [0.3, 0.4) is 0 Å². The van der Waals surface area contributed by atoms with Gasteiger partial charge in [0.25, 0.3) is 0 Å². The molecule has 0 radical (unpaired) electrons. The number of rotatable bonds is 7. The van der Waals surface area contributed by atoms with Crippen LogP contribution in [0.4, 0.5) is 16.1 Å². The molecule has 2 aromatic rings. The van der Waals surface area contributed by atoms with Gasteiger partial charge in [0.15, 0.2) is 5.13 Å². The van der Waals surface area contributed by atoms with E-state index in [2.05, 4.69) is 30.8 Å². The first-order valence-electron chi connectivity index (χ1n) is 6.10. The van der Waals surface area contributed by atoms with Crippen molar-refractivity contribution in [2.75, 3.05) is 10.6 Å². The Balaban J connectivity index is 1.69. The number of carbonyl (C=O) groups excluding carboxylic acids is 2. The van der Waals surface area contributed by atoms with E-state index in [0.29, 0.717) is 6.42 Å². The number of carbonyl (C=O) groups is 2. The van der Waals surface area contributed by atoms with Crippen molar-refractivity contribution in [1.29, 1.82) is 0 Å². The molecule has 116 valence electrons. The number of nitro groups is 1. The summed E-state index contributed by atoms with van der Waals surface area (Å²) in [6.07, 6.45) is 2.88. The average Bonchev–Trinajstić information content (AvgIpc) is 3.10. The summed E-state index contributed by atoms with van der Waals surface area (Å²) < 4.78 is 0. The third-order valence-electron chi connectivity index (χ3n) is 2.40. The minimum Gasteiger partial charge on any atom is -0.302 e. The van der Waals surface area contributed by atoms with Gasteiger partial charge in [-0.25, -0.2) is 10.1 Å². The summed E-state index contributed by atoms with van der Waals surface area (Å²) in [5, 5.41) is 21.5. The molecule has 0 saturated heterocycles. The normalized spacial score (nSPS) is 10.2. The Morgan fingerprint density at radius 1 is 1.27 bits per heavy atom. The highest BCUT2D eigenvalue weighted by Crippen LogP contribution is 2.24. The Bertz CT molecular complexity index is 669. The van der Waals surface area contributed by atoms with E-state index < -0.39 is 4.92 Å². The molecule has 0 aliphatic carbocycles. The van der Waals surface area contributed by atoms with Crippen molar-refractivity contribution in [2.24, 2.45) is 0 Å². The zero-order chi connectivity index (χ0) is 15.9. The summed E-state index contributed by atoms with van der Waals surface area (Å²) in [5.74, 6) is -0.421. The van der Waals surface area contributed by atoms with Gasteiger partial charge < -0.3 is 5.32 Å². The van der Waals surface area contributed by atoms with Gasteiger partial charge in [0.2, 0.25) is 17.8 Å². The number of aromatic amines is 1. The number of aromatic nitrogens is 4. The van der Waals surface area contributed by atoms with Crippen LogP contribution in [0.5, 0.6) is 0 Å². The summed E-state index contributed by atoms with van der Waals surface area (Å²) in [4.78, 5) is 40.5. The monoisotopic (exact) mass is 325 g/mol. The van der Waals surface area contributed by atoms with Crippen molar-refractivity contribution in [3.05, 3.63) is 22.6 Å². The molecule has 0 fully saturated rings. The molecule has 12 heteroatoms. The van der Waals surface area contributed by atoms with E-state index in [4.69, 9.17) is 0 Å². The van der Waals surface area contributed by atoms with Gasteiger partial charge in [0, 0.05) is 12.8 Å². The van der Waals surface area contributed by atoms with Crippen molar-refractivity contribution in [1.82, 2.24) is 20.2 Å². The third-order valence-corrected chi connectivity index (χ3v) is 3.26. The van der Waals surface area contributed by atoms with Crippen LogP contribution < -0.4 is 10.6 Å². The first-order chi connectivity index (χ1) is 10.5. The first kappa shape index (κ1) is 15.5. The van der Waals surface area contributed by atoms with Gasteiger partial charge in [0.1, 0.15) is 12.5 Å². The number of hydrogen-bond donors (Lipinski definition) is 3. The van der Waals surface area contributed by atoms with Gasteiger partial charge in [0.05, 0.1) is 4.92 Å². The van der Waals surface area contributed by atoms with Gasteiger partial charge in [-0.15, -0.1) is 0 Å². The summed E-state index contributed by atoms with van der Waals surface area (Å²) in [6, 6.07) is 0. The fourth-order valence-corrected chi connectivity index (χ4v) is 2.11. The summed E-state index contributed by atoms with van der Waals surface area (Å²) in [6.45, 7) is 0. The molecule has 2 amide bonds. The van der Waals surface area contributed by atoms with Crippen molar-refractivity contribution >= 4 is 39.2 Å². The Kier molecular flexibility index (Phi) is 5.08. The number of nitrogens with zero attached hydrogens (tertiary/aromatic N) is 4. The molecule has 0 aliphatic rings. The lowest BCUT2D eigenvalue weighted by atomic mass is 10.2. The van der Waals surface area contributed by atoms with Gasteiger partial charge in [-0.3, -0.25) is 25.0 Å². The lowest BCUT2D eigenvalue weighted by Crippen LogP contribution is -2.15. The Morgan fingerprint density at radius 2 is 2.00 bits per heavy atom. The largest absolute Gasteiger partial charge is 0.345 e. The Hall–Kier alpha value is -2.89. The standard InChI is InChI=1S/C10H11N7O4S/c18-6(14-9-12-5-13-16-9)2-1-3-7(19)15-10-11-4-8(22-10)17(20)21/h4-5H,1-3H2,(H,11,15,19)(H2,12,13,14,16,18). The summed E-state index contributed by atoms with van der Waals surface area (Å²) in [7, 11) is 0. The predicted octanol–water partition coefficient (Wildman–Crippen LogP) is 0.917. The van der Waals surface area contributed by atoms with E-state index in [1.165, 1.54) is 6.33 Å². The molecule has 3 N–H and O–H groups in total. The fourth-order valence-electron chi connectivity index (χ4n) is 1.46. The van der Waals surface area contributed by atoms with Crippen molar-refractivity contribution < 1.29 is 14.5 Å². The van der Waals surface area contributed by atoms with Gasteiger partial charge >= 0.3 is 5.00 Å². The highest BCUT2D eigenvalue weighted by atomic mass is 32.1. The molecule has 22 heavy (non-hydrogen) atoms. The molecule has 0 bridgehead atoms. The van der Waals surface area contributed by atoms with Gasteiger partial charge in [-0.2, -0.15) is 10.1 Å². The second-order valence-electron chi connectivity index (χ2n) is 4.04. The van der Waals surface area contributed by atoms with Crippen LogP contribution in [-0.4, -0.2) is 36.9 Å². The number of H-pyrrole nitrogens is 1. The number of nitrogens with one attached hydrogen (secondary N) is 3. The average molecular weight is 325 g/mol. The highest BCUT2D eigenvalue weighted by molar-refractivity contribution is 7.18. The van der Waals surface area contributed by atoms with E-state index in [1.807, 2.05) is 0 Å². The Labute approximate surface area is 127 Å². The predicted molar refractivity (Wildman–Crippen MR) is 76.3 cm³/mol. The van der Waals surface area contributed by atoms with Gasteiger partial charge in [-0.1, -0.05) is 0 Å². The van der Waals surface area contributed by atoms with Crippen molar-refractivity contribution in [3.63, 3.8) is 0 Å². The number of hydrogen-bond acceptors (Lipinski definition) is 8. The second-order valence-corrected chi connectivity index (χ2v) is 5.05. The maximum absolute atomic E-state index is 11.6. The van der Waals surface area contributed by atoms with E-state index in [1.54, 1.807) is 0 Å². The quantitative estimate of drug-likeness (QED) is 0.504. The molecule has 2 rings (SSSR count). The maximum atomic E-state index is 11.6. The second kappa shape index (κ2) is 7.21. The molecule has 0 saturated carbocycles. The number of amides is 2. The molecule has 0 unspecified atom stereocenters. The lowest BCUT2D eigenvalue weighted by molar-refractivity contribution is -0.380. The van der Waals surface area contributed by atoms with Crippen LogP contribution in [0.15, 0.2) is 12.5 Å². The maximum Gasteiger partial charge on any atom is 0.345 e. The minimum absolute atomic E-state index is 0.0944. The first-order valence-corrected chi connectivity index (χ1v) is 6.91. The van der Waals surface area contributed by atoms with Crippen LogP contribution in [0.25, 0.3) is 0 Å². The van der Waals surface area contributed by atoms with E-state index in [0.717, 1.165) is 17.5 Å². The van der Waals surface area contributed by atoms with Crippen LogP contribution in [0, 0.1) is 10.1 Å². The Morgan fingerprint density at radius 3 is 2.59 bits per heavy atom. The summed E-state index contributed by atoms with van der Waals surface area (Å²) >= 11 is 0.771. The van der Waals surface area contributed by atoms with Gasteiger partial charge in [-0.05, 0) is 17.8 Å². The van der Waals surface area contributed by atoms with E-state index in [9.17, 15) is 19.7 Å². The van der Waals surface area contributed by atoms with Crippen LogP contribution >= 0.6 is 11.3 Å². The van der Waals surface area contributed by atoms with Crippen LogP contribution in [0.1, 0.15) is 19.3 Å². The number of anilines is 2. The molecule has 0 aromatic carbocycles. The highest BCUT2D eigenvalue weighted by Gasteiger charge is 2.13. The summed E-state index contributed by atoms with van der Waals surface area (Å²) in [5.41, 5.74) is 0. The molecule has 0 aliphatic heterocycles. The number of thiazole rings is 1. The van der Waals surface area contributed by atoms with Crippen molar-refractivity contribution in [3.8, 4) is 0 Å². The van der Waals surface area contributed by atoms with E-state index >= 15 is 0 Å². The van der Waals surface area contributed by atoms with Crippen LogP contribution in [-0.2, 0) is 9.59 Å². The molecule has 2 aromatic heterocycles. The third kappa shape index (κ3) is 4.59. The topological polar surface area (TPSA) is 156 Å². The molecule has 0 spiro atoms. The fraction of sp³-hybridized carbons (Fsp3) is 0.300. The molecular formula is C10H11N7O4S. The van der Waals surface area contributed by atoms with Crippen LogP contribution in [0.2, 0.25) is 0 Å². The van der Waals surface area contributed by atoms with E-state index in [-0.39, 0.29) is 40.7 Å². The molecule has 0 atom stereocenters. The lowest BCUT2D eigenvalue weighted by Gasteiger charge is -2.02.